The molecule has 2 amide bonds. The van der Waals surface area contributed by atoms with Crippen molar-refractivity contribution in [1.29, 1.82) is 0 Å². The highest BCUT2D eigenvalue weighted by Crippen LogP contribution is 2.34. The Bertz CT molecular complexity index is 866. The van der Waals surface area contributed by atoms with E-state index in [4.69, 9.17) is 16.3 Å². The predicted molar refractivity (Wildman–Crippen MR) is 121 cm³/mol. The van der Waals surface area contributed by atoms with Crippen LogP contribution in [0.5, 0.6) is 5.75 Å². The molecule has 0 fully saturated rings. The zero-order chi connectivity index (χ0) is 21.7. The fourth-order valence-corrected chi connectivity index (χ4v) is 4.79. The van der Waals surface area contributed by atoms with Crippen molar-refractivity contribution >= 4 is 34.8 Å². The van der Waals surface area contributed by atoms with E-state index < -0.39 is 0 Å². The van der Waals surface area contributed by atoms with E-state index in [1.165, 1.54) is 4.88 Å². The van der Waals surface area contributed by atoms with Gasteiger partial charge in [-0.05, 0) is 54.1 Å². The van der Waals surface area contributed by atoms with Crippen LogP contribution in [-0.4, -0.2) is 47.9 Å². The summed E-state index contributed by atoms with van der Waals surface area (Å²) in [6.07, 6.45) is 1.66. The smallest absolute Gasteiger partial charge is 0.242 e. The molecule has 7 heteroatoms. The summed E-state index contributed by atoms with van der Waals surface area (Å²) in [6, 6.07) is 9.15. The first kappa shape index (κ1) is 22.6. The number of carbonyl (C=O) groups excluding carboxylic acids is 2. The van der Waals surface area contributed by atoms with Gasteiger partial charge >= 0.3 is 0 Å². The Morgan fingerprint density at radius 2 is 2.00 bits per heavy atom. The van der Waals surface area contributed by atoms with Gasteiger partial charge in [0.25, 0.3) is 0 Å². The van der Waals surface area contributed by atoms with Crippen molar-refractivity contribution in [2.75, 3.05) is 26.2 Å². The van der Waals surface area contributed by atoms with Gasteiger partial charge in [-0.1, -0.05) is 32.4 Å². The minimum absolute atomic E-state index is 0.0207. The fourth-order valence-electron chi connectivity index (χ4n) is 3.74. The van der Waals surface area contributed by atoms with Gasteiger partial charge in [0.1, 0.15) is 12.4 Å². The van der Waals surface area contributed by atoms with Gasteiger partial charge in [0.2, 0.25) is 11.8 Å². The number of ether oxygens (including phenoxy) is 1. The molecule has 162 valence electrons. The fraction of sp³-hybridized carbons (Fsp3) is 0.478. The predicted octanol–water partition coefficient (Wildman–Crippen LogP) is 4.80. The maximum absolute atomic E-state index is 13.3. The summed E-state index contributed by atoms with van der Waals surface area (Å²) in [4.78, 5) is 30.7. The zero-order valence-electron chi connectivity index (χ0n) is 17.8. The molecule has 1 aliphatic heterocycles. The summed E-state index contributed by atoms with van der Waals surface area (Å²) in [7, 11) is 0. The molecular weight excluding hydrogens is 420 g/mol. The van der Waals surface area contributed by atoms with Gasteiger partial charge in [0.15, 0.2) is 0 Å². The molecule has 0 radical (unpaired) electrons. The average Bonchev–Trinajstić information content (AvgIpc) is 3.21. The molecule has 0 saturated carbocycles. The number of halogens is 1. The van der Waals surface area contributed by atoms with Crippen LogP contribution < -0.4 is 4.74 Å². The molecule has 0 N–H and O–H groups in total. The second-order valence-corrected chi connectivity index (χ2v) is 9.27. The molecule has 1 aliphatic rings. The SMILES string of the molecule is CCCN(CC(=O)N1CCc2sccc2[C@@H]1COc1ccc(Cl)cc1)C(=O)C(C)C. The van der Waals surface area contributed by atoms with E-state index in [-0.39, 0.29) is 30.3 Å². The lowest BCUT2D eigenvalue weighted by molar-refractivity contribution is -0.144. The number of nitrogens with zero attached hydrogens (tertiary/aromatic N) is 2. The molecule has 2 heterocycles. The molecule has 5 nitrogen and oxygen atoms in total. The molecule has 1 aromatic heterocycles. The van der Waals surface area contributed by atoms with Crippen LogP contribution in [0.1, 0.15) is 43.7 Å². The summed E-state index contributed by atoms with van der Waals surface area (Å²) < 4.78 is 6.02. The van der Waals surface area contributed by atoms with Gasteiger partial charge in [0.05, 0.1) is 12.6 Å². The van der Waals surface area contributed by atoms with Crippen molar-refractivity contribution in [1.82, 2.24) is 9.80 Å². The van der Waals surface area contributed by atoms with Crippen LogP contribution in [0, 0.1) is 5.92 Å². The van der Waals surface area contributed by atoms with Crippen LogP contribution in [-0.2, 0) is 16.0 Å². The lowest BCUT2D eigenvalue weighted by Crippen LogP contribution is -2.48. The monoisotopic (exact) mass is 448 g/mol. The Kier molecular flexibility index (Phi) is 7.78. The molecule has 0 bridgehead atoms. The van der Waals surface area contributed by atoms with Gasteiger partial charge in [-0.25, -0.2) is 0 Å². The molecule has 30 heavy (non-hydrogen) atoms. The minimum Gasteiger partial charge on any atom is -0.491 e. The molecule has 2 aromatic rings. The van der Waals surface area contributed by atoms with Crippen LogP contribution in [0.25, 0.3) is 0 Å². The molecule has 0 unspecified atom stereocenters. The van der Waals surface area contributed by atoms with Crippen molar-refractivity contribution in [3.05, 3.63) is 51.2 Å². The normalized spacial score (nSPS) is 15.8. The van der Waals surface area contributed by atoms with Crippen molar-refractivity contribution in [2.45, 2.75) is 39.7 Å². The number of thiophene rings is 1. The first-order valence-electron chi connectivity index (χ1n) is 10.4. The van der Waals surface area contributed by atoms with E-state index in [1.807, 2.05) is 37.8 Å². The molecule has 1 aromatic carbocycles. The number of hydrogen-bond acceptors (Lipinski definition) is 4. The third kappa shape index (κ3) is 5.35. The summed E-state index contributed by atoms with van der Waals surface area (Å²) >= 11 is 7.68. The molecule has 1 atom stereocenters. The maximum atomic E-state index is 13.3. The van der Waals surface area contributed by atoms with Gasteiger partial charge < -0.3 is 14.5 Å². The Labute approximate surface area is 187 Å². The Hall–Kier alpha value is -2.05. The van der Waals surface area contributed by atoms with E-state index >= 15 is 0 Å². The number of fused-ring (bicyclic) bond motifs is 1. The quantitative estimate of drug-likeness (QED) is 0.582. The molecule has 0 spiro atoms. The van der Waals surface area contributed by atoms with E-state index in [1.54, 1.807) is 28.4 Å². The number of amides is 2. The number of benzene rings is 1. The van der Waals surface area contributed by atoms with Crippen LogP contribution in [0.4, 0.5) is 0 Å². The minimum atomic E-state index is -0.166. The van der Waals surface area contributed by atoms with Crippen molar-refractivity contribution in [3.63, 3.8) is 0 Å². The largest absolute Gasteiger partial charge is 0.491 e. The van der Waals surface area contributed by atoms with Crippen LogP contribution in [0.2, 0.25) is 5.02 Å². The van der Waals surface area contributed by atoms with E-state index in [0.717, 1.165) is 24.2 Å². The Morgan fingerprint density at radius 3 is 2.67 bits per heavy atom. The van der Waals surface area contributed by atoms with Gasteiger partial charge in [-0.3, -0.25) is 9.59 Å². The van der Waals surface area contributed by atoms with Crippen molar-refractivity contribution in [3.8, 4) is 5.75 Å². The molecular formula is C23H29ClN2O3S. The van der Waals surface area contributed by atoms with E-state index in [0.29, 0.717) is 24.7 Å². The molecule has 0 saturated heterocycles. The number of carbonyl (C=O) groups is 2. The third-order valence-corrected chi connectivity index (χ3v) is 6.51. The van der Waals surface area contributed by atoms with E-state index in [9.17, 15) is 9.59 Å². The second-order valence-electron chi connectivity index (χ2n) is 7.83. The van der Waals surface area contributed by atoms with Gasteiger partial charge in [-0.15, -0.1) is 11.3 Å². The van der Waals surface area contributed by atoms with Crippen molar-refractivity contribution in [2.24, 2.45) is 5.92 Å². The highest BCUT2D eigenvalue weighted by molar-refractivity contribution is 7.10. The van der Waals surface area contributed by atoms with Crippen LogP contribution >= 0.6 is 22.9 Å². The standard InChI is InChI=1S/C23H29ClN2O3S/c1-4-11-25(23(28)16(2)3)14-22(27)26-12-9-21-19(10-13-30-21)20(26)15-29-18-7-5-17(24)6-8-18/h5-8,10,13,16,20H,4,9,11-12,14-15H2,1-3H3/t20-/m0/s1. The summed E-state index contributed by atoms with van der Waals surface area (Å²) in [6.45, 7) is 7.47. The van der Waals surface area contributed by atoms with Crippen LogP contribution in [0.15, 0.2) is 35.7 Å². The number of rotatable bonds is 8. The molecule has 0 aliphatic carbocycles. The zero-order valence-corrected chi connectivity index (χ0v) is 19.3. The molecule has 3 rings (SSSR count). The average molecular weight is 449 g/mol. The van der Waals surface area contributed by atoms with Gasteiger partial charge in [-0.2, -0.15) is 0 Å². The summed E-state index contributed by atoms with van der Waals surface area (Å²) in [5.74, 6) is 0.585. The Balaban J connectivity index is 1.76. The topological polar surface area (TPSA) is 49.9 Å². The highest BCUT2D eigenvalue weighted by atomic mass is 35.5. The first-order chi connectivity index (χ1) is 14.4. The maximum Gasteiger partial charge on any atom is 0.242 e. The van der Waals surface area contributed by atoms with E-state index in [2.05, 4.69) is 11.4 Å². The highest BCUT2D eigenvalue weighted by Gasteiger charge is 2.33. The summed E-state index contributed by atoms with van der Waals surface area (Å²) in [5, 5.41) is 2.72. The Morgan fingerprint density at radius 1 is 1.27 bits per heavy atom. The lowest BCUT2D eigenvalue weighted by Gasteiger charge is -2.37. The number of hydrogen-bond donors (Lipinski definition) is 0. The first-order valence-corrected chi connectivity index (χ1v) is 11.7. The summed E-state index contributed by atoms with van der Waals surface area (Å²) in [5.41, 5.74) is 1.14. The van der Waals surface area contributed by atoms with Crippen molar-refractivity contribution < 1.29 is 14.3 Å². The van der Waals surface area contributed by atoms with Crippen LogP contribution in [0.3, 0.4) is 0 Å². The lowest BCUT2D eigenvalue weighted by atomic mass is 10.00. The van der Waals surface area contributed by atoms with Gasteiger partial charge in [0, 0.05) is 28.9 Å². The second kappa shape index (κ2) is 10.3. The third-order valence-electron chi connectivity index (χ3n) is 5.26.